The smallest absolute Gasteiger partial charge is 0.273 e. The van der Waals surface area contributed by atoms with E-state index in [9.17, 15) is 14.9 Å². The second-order valence-electron chi connectivity index (χ2n) is 10.3. The Morgan fingerprint density at radius 3 is 2.62 bits per heavy atom. The number of methoxy groups -OCH3 is 1. The molecule has 1 fully saturated rings. The van der Waals surface area contributed by atoms with Crippen molar-refractivity contribution in [1.29, 1.82) is 0 Å². The molecule has 0 saturated carbocycles. The maximum atomic E-state index is 13.0. The number of non-ortho nitro benzene ring substituents is 1. The largest absolute Gasteiger partial charge is 0.494 e. The molecule has 0 bridgehead atoms. The number of nitrogens with zero attached hydrogens (tertiary/aromatic N) is 4. The third-order valence-electron chi connectivity index (χ3n) is 7.48. The van der Waals surface area contributed by atoms with Crippen molar-refractivity contribution in [3.05, 3.63) is 111 Å². The highest BCUT2D eigenvalue weighted by molar-refractivity contribution is 7.80. The molecule has 42 heavy (non-hydrogen) atoms. The quantitative estimate of drug-likeness (QED) is 0.146. The number of thiocarbonyl (C=S) groups is 1. The molecular formula is C31H32N6O4S. The Labute approximate surface area is 249 Å². The number of nitrogens with one attached hydrogen (secondary N) is 2. The highest BCUT2D eigenvalue weighted by Crippen LogP contribution is 2.42. The number of amides is 1. The van der Waals surface area contributed by atoms with E-state index in [0.29, 0.717) is 23.1 Å². The van der Waals surface area contributed by atoms with Crippen LogP contribution in [0.25, 0.3) is 5.69 Å². The minimum atomic E-state index is -0.442. The monoisotopic (exact) mass is 584 g/mol. The van der Waals surface area contributed by atoms with Crippen LogP contribution in [-0.2, 0) is 4.79 Å². The van der Waals surface area contributed by atoms with E-state index in [-0.39, 0.29) is 30.1 Å². The van der Waals surface area contributed by atoms with Gasteiger partial charge in [0.15, 0.2) is 5.11 Å². The lowest BCUT2D eigenvalue weighted by Gasteiger charge is -2.28. The first kappa shape index (κ1) is 28.7. The lowest BCUT2D eigenvalue weighted by molar-refractivity contribution is -0.384. The lowest BCUT2D eigenvalue weighted by Crippen LogP contribution is -2.32. The van der Waals surface area contributed by atoms with Crippen LogP contribution >= 0.6 is 12.2 Å². The number of hydrogen-bond donors (Lipinski definition) is 2. The van der Waals surface area contributed by atoms with Crippen LogP contribution in [0.1, 0.15) is 46.7 Å². The number of carbonyl (C=O) groups is 1. The number of pyridine rings is 1. The zero-order valence-electron chi connectivity index (χ0n) is 23.8. The Hall–Kier alpha value is -4.77. The van der Waals surface area contributed by atoms with Gasteiger partial charge in [-0.2, -0.15) is 0 Å². The fraction of sp³-hybridized carbons (Fsp3) is 0.258. The summed E-state index contributed by atoms with van der Waals surface area (Å²) in [6.07, 6.45) is 1.98. The van der Waals surface area contributed by atoms with Gasteiger partial charge in [-0.15, -0.1) is 0 Å². The first-order chi connectivity index (χ1) is 20.2. The third kappa shape index (κ3) is 5.68. The predicted octanol–water partition coefficient (Wildman–Crippen LogP) is 5.72. The van der Waals surface area contributed by atoms with Crippen LogP contribution in [0.15, 0.2) is 72.9 Å². The number of anilines is 1. The van der Waals surface area contributed by atoms with Gasteiger partial charge in [0.25, 0.3) is 5.69 Å². The van der Waals surface area contributed by atoms with E-state index in [4.69, 9.17) is 17.0 Å². The van der Waals surface area contributed by atoms with Crippen molar-refractivity contribution in [2.75, 3.05) is 19.0 Å². The van der Waals surface area contributed by atoms with Crippen molar-refractivity contribution in [3.8, 4) is 11.4 Å². The first-order valence-electron chi connectivity index (χ1n) is 13.5. The number of hydrogen-bond acceptors (Lipinski definition) is 6. The van der Waals surface area contributed by atoms with Crippen LogP contribution in [0.5, 0.6) is 5.75 Å². The number of aromatic nitrogens is 2. The van der Waals surface area contributed by atoms with Crippen molar-refractivity contribution in [2.45, 2.75) is 39.3 Å². The zero-order chi connectivity index (χ0) is 30.0. The summed E-state index contributed by atoms with van der Waals surface area (Å²) in [5.41, 5.74) is 6.13. The first-order valence-corrected chi connectivity index (χ1v) is 13.9. The Balaban J connectivity index is 1.50. The summed E-state index contributed by atoms with van der Waals surface area (Å²) in [7, 11) is 1.50. The number of benzene rings is 2. The highest BCUT2D eigenvalue weighted by atomic mass is 32.1. The van der Waals surface area contributed by atoms with E-state index < -0.39 is 4.92 Å². The molecule has 3 heterocycles. The van der Waals surface area contributed by atoms with Crippen LogP contribution in [0.4, 0.5) is 11.4 Å². The molecule has 1 amide bonds. The fourth-order valence-corrected chi connectivity index (χ4v) is 5.91. The summed E-state index contributed by atoms with van der Waals surface area (Å²) in [6.45, 7) is 6.35. The second kappa shape index (κ2) is 12.0. The van der Waals surface area contributed by atoms with Crippen molar-refractivity contribution < 1.29 is 14.5 Å². The number of aryl methyl sites for hydroxylation is 2. The van der Waals surface area contributed by atoms with E-state index in [2.05, 4.69) is 21.7 Å². The molecule has 4 aromatic rings. The molecule has 0 spiro atoms. The molecule has 216 valence electrons. The summed E-state index contributed by atoms with van der Waals surface area (Å²) in [5.74, 6) is 0.285. The molecule has 1 aliphatic heterocycles. The molecule has 2 atom stereocenters. The molecule has 2 aromatic heterocycles. The van der Waals surface area contributed by atoms with E-state index in [1.54, 1.807) is 12.3 Å². The Morgan fingerprint density at radius 1 is 1.12 bits per heavy atom. The summed E-state index contributed by atoms with van der Waals surface area (Å²) < 4.78 is 7.59. The molecule has 11 heteroatoms. The van der Waals surface area contributed by atoms with Crippen molar-refractivity contribution >= 4 is 34.6 Å². The topological polar surface area (TPSA) is 115 Å². The Morgan fingerprint density at radius 2 is 1.93 bits per heavy atom. The molecular weight excluding hydrogens is 552 g/mol. The standard InChI is InChI=1S/C31H32N6O4S/c1-19-8-7-9-22(16-19)33-28(38)13-15-35-30(29(34-31(35)42)25-10-5-6-14-32-25)24-17-20(2)36(21(24)3)26-12-11-23(37(39)40)18-27(26)41-4/h5-12,14,16-18,29-30H,13,15H2,1-4H3,(H,33,38)(H,34,42)/t29-,30-/m0/s1. The summed E-state index contributed by atoms with van der Waals surface area (Å²) in [5, 5.41) is 18.3. The Kier molecular flexibility index (Phi) is 8.21. The van der Waals surface area contributed by atoms with Crippen molar-refractivity contribution in [3.63, 3.8) is 0 Å². The maximum absolute atomic E-state index is 13.0. The third-order valence-corrected chi connectivity index (χ3v) is 7.84. The minimum Gasteiger partial charge on any atom is -0.494 e. The molecule has 5 rings (SSSR count). The molecule has 0 radical (unpaired) electrons. The number of ether oxygens (including phenoxy) is 1. The molecule has 0 aliphatic carbocycles. The molecule has 0 unspecified atom stereocenters. The van der Waals surface area contributed by atoms with Gasteiger partial charge in [-0.25, -0.2) is 0 Å². The van der Waals surface area contributed by atoms with E-state index in [1.807, 2.05) is 72.7 Å². The van der Waals surface area contributed by atoms with Gasteiger partial charge in [-0.05, 0) is 80.5 Å². The summed E-state index contributed by atoms with van der Waals surface area (Å²) in [4.78, 5) is 30.6. The van der Waals surface area contributed by atoms with Crippen LogP contribution < -0.4 is 15.4 Å². The normalized spacial score (nSPS) is 16.3. The highest BCUT2D eigenvalue weighted by Gasteiger charge is 2.41. The van der Waals surface area contributed by atoms with Gasteiger partial charge in [0.1, 0.15) is 5.75 Å². The van der Waals surface area contributed by atoms with Crippen LogP contribution in [0.2, 0.25) is 0 Å². The molecule has 1 saturated heterocycles. The number of nitro groups is 1. The van der Waals surface area contributed by atoms with Gasteiger partial charge in [0, 0.05) is 42.3 Å². The van der Waals surface area contributed by atoms with Gasteiger partial charge in [-0.1, -0.05) is 18.2 Å². The van der Waals surface area contributed by atoms with E-state index in [1.165, 1.54) is 19.2 Å². The SMILES string of the molecule is COc1cc([N+](=O)[O-])ccc1-n1c(C)cc([C@H]2[C@H](c3ccccn3)NC(=S)N2CCC(=O)Nc2cccc(C)c2)c1C. The van der Waals surface area contributed by atoms with Crippen molar-refractivity contribution in [2.24, 2.45) is 0 Å². The number of carbonyl (C=O) groups excluding carboxylic acids is 1. The fourth-order valence-electron chi connectivity index (χ4n) is 5.58. The van der Waals surface area contributed by atoms with Gasteiger partial charge in [0.2, 0.25) is 5.91 Å². The summed E-state index contributed by atoms with van der Waals surface area (Å²) in [6, 6.07) is 19.6. The van der Waals surface area contributed by atoms with Crippen LogP contribution in [0.3, 0.4) is 0 Å². The number of nitro benzene ring substituents is 1. The lowest BCUT2D eigenvalue weighted by atomic mass is 9.96. The average Bonchev–Trinajstić information content (AvgIpc) is 3.45. The van der Waals surface area contributed by atoms with Crippen LogP contribution in [-0.4, -0.2) is 44.0 Å². The minimum absolute atomic E-state index is 0.0473. The van der Waals surface area contributed by atoms with E-state index >= 15 is 0 Å². The average molecular weight is 585 g/mol. The zero-order valence-corrected chi connectivity index (χ0v) is 24.6. The Bertz CT molecular complexity index is 1650. The molecule has 2 N–H and O–H groups in total. The van der Waals surface area contributed by atoms with E-state index in [0.717, 1.165) is 33.9 Å². The second-order valence-corrected chi connectivity index (χ2v) is 10.6. The molecule has 2 aromatic carbocycles. The predicted molar refractivity (Wildman–Crippen MR) is 165 cm³/mol. The summed E-state index contributed by atoms with van der Waals surface area (Å²) >= 11 is 5.81. The van der Waals surface area contributed by atoms with Crippen molar-refractivity contribution in [1.82, 2.24) is 19.8 Å². The molecule has 1 aliphatic rings. The van der Waals surface area contributed by atoms with Gasteiger partial charge >= 0.3 is 0 Å². The van der Waals surface area contributed by atoms with Gasteiger partial charge < -0.3 is 24.8 Å². The van der Waals surface area contributed by atoms with Crippen LogP contribution in [0, 0.1) is 30.9 Å². The maximum Gasteiger partial charge on any atom is 0.273 e. The molecule has 10 nitrogen and oxygen atoms in total. The van der Waals surface area contributed by atoms with Gasteiger partial charge in [0.05, 0.1) is 41.6 Å². The number of rotatable bonds is 9. The van der Waals surface area contributed by atoms with Gasteiger partial charge in [-0.3, -0.25) is 19.9 Å².